The first-order chi connectivity index (χ1) is 9.90. The molecular formula is C17H27N3O. The maximum Gasteiger partial charge on any atom is 0.0960 e. The molecular weight excluding hydrogens is 262 g/mol. The standard InChI is InChI=1S/C17H27N3O/c1-6-19-17(5,10-21)9-14(4)20-11-18-15-7-12(2)13(3)8-16(15)20/h7-8,11,14,19,21H,6,9-10H2,1-5H3. The van der Waals surface area contributed by atoms with E-state index in [9.17, 15) is 5.11 Å². The van der Waals surface area contributed by atoms with Gasteiger partial charge in [-0.3, -0.25) is 0 Å². The summed E-state index contributed by atoms with van der Waals surface area (Å²) in [7, 11) is 0. The molecule has 2 aromatic rings. The van der Waals surface area contributed by atoms with Crippen molar-refractivity contribution in [2.24, 2.45) is 0 Å². The number of hydrogen-bond donors (Lipinski definition) is 2. The van der Waals surface area contributed by atoms with Gasteiger partial charge in [-0.2, -0.15) is 0 Å². The number of rotatable bonds is 6. The lowest BCUT2D eigenvalue weighted by Crippen LogP contribution is -2.46. The molecule has 1 aromatic carbocycles. The average molecular weight is 289 g/mol. The van der Waals surface area contributed by atoms with Crippen LogP contribution in [0.25, 0.3) is 11.0 Å². The summed E-state index contributed by atoms with van der Waals surface area (Å²) in [4.78, 5) is 4.52. The number of fused-ring (bicyclic) bond motifs is 1. The number of nitrogens with one attached hydrogen (secondary N) is 1. The highest BCUT2D eigenvalue weighted by atomic mass is 16.3. The summed E-state index contributed by atoms with van der Waals surface area (Å²) in [5.74, 6) is 0. The van der Waals surface area contributed by atoms with Crippen LogP contribution in [0.3, 0.4) is 0 Å². The van der Waals surface area contributed by atoms with Gasteiger partial charge in [0, 0.05) is 11.6 Å². The highest BCUT2D eigenvalue weighted by Gasteiger charge is 2.26. The van der Waals surface area contributed by atoms with Crippen molar-refractivity contribution in [2.45, 2.75) is 52.6 Å². The second-order valence-corrected chi connectivity index (χ2v) is 6.38. The van der Waals surface area contributed by atoms with Gasteiger partial charge in [0.15, 0.2) is 0 Å². The topological polar surface area (TPSA) is 50.1 Å². The van der Waals surface area contributed by atoms with Gasteiger partial charge in [0.2, 0.25) is 0 Å². The minimum Gasteiger partial charge on any atom is -0.394 e. The van der Waals surface area contributed by atoms with Crippen LogP contribution in [-0.2, 0) is 0 Å². The fourth-order valence-corrected chi connectivity index (χ4v) is 3.00. The zero-order chi connectivity index (χ0) is 15.6. The van der Waals surface area contributed by atoms with Crippen molar-refractivity contribution < 1.29 is 5.11 Å². The molecule has 0 fully saturated rings. The van der Waals surface area contributed by atoms with Gasteiger partial charge in [0.1, 0.15) is 0 Å². The van der Waals surface area contributed by atoms with Crippen molar-refractivity contribution >= 4 is 11.0 Å². The summed E-state index contributed by atoms with van der Waals surface area (Å²) in [6, 6.07) is 4.62. The predicted molar refractivity (Wildman–Crippen MR) is 87.7 cm³/mol. The summed E-state index contributed by atoms with van der Waals surface area (Å²) in [6.07, 6.45) is 2.77. The number of benzene rings is 1. The molecule has 0 aliphatic carbocycles. The maximum absolute atomic E-state index is 9.67. The van der Waals surface area contributed by atoms with Gasteiger partial charge in [-0.25, -0.2) is 4.98 Å². The number of aliphatic hydroxyl groups is 1. The van der Waals surface area contributed by atoms with Gasteiger partial charge < -0.3 is 15.0 Å². The molecule has 0 radical (unpaired) electrons. The van der Waals surface area contributed by atoms with E-state index in [-0.39, 0.29) is 18.2 Å². The zero-order valence-electron chi connectivity index (χ0n) is 13.8. The van der Waals surface area contributed by atoms with E-state index >= 15 is 0 Å². The molecule has 0 bridgehead atoms. The third kappa shape index (κ3) is 3.27. The van der Waals surface area contributed by atoms with Crippen molar-refractivity contribution in [2.75, 3.05) is 13.2 Å². The van der Waals surface area contributed by atoms with E-state index in [1.807, 2.05) is 6.33 Å². The minimum absolute atomic E-state index is 0.135. The Morgan fingerprint density at radius 2 is 2.00 bits per heavy atom. The highest BCUT2D eigenvalue weighted by Crippen LogP contribution is 2.26. The fourth-order valence-electron chi connectivity index (χ4n) is 3.00. The Hall–Kier alpha value is -1.39. The Morgan fingerprint density at radius 3 is 2.62 bits per heavy atom. The molecule has 4 heteroatoms. The number of aryl methyl sites for hydroxylation is 2. The van der Waals surface area contributed by atoms with Crippen molar-refractivity contribution in [3.8, 4) is 0 Å². The van der Waals surface area contributed by atoms with Crippen LogP contribution in [0, 0.1) is 13.8 Å². The van der Waals surface area contributed by atoms with Gasteiger partial charge in [-0.1, -0.05) is 6.92 Å². The van der Waals surface area contributed by atoms with Crippen molar-refractivity contribution in [1.29, 1.82) is 0 Å². The third-order valence-corrected chi connectivity index (χ3v) is 4.36. The van der Waals surface area contributed by atoms with Gasteiger partial charge >= 0.3 is 0 Å². The monoisotopic (exact) mass is 289 g/mol. The number of aromatic nitrogens is 2. The Balaban J connectivity index is 2.31. The lowest BCUT2D eigenvalue weighted by Gasteiger charge is -2.32. The molecule has 2 atom stereocenters. The molecule has 2 rings (SSSR count). The summed E-state index contributed by atoms with van der Waals surface area (Å²) >= 11 is 0. The molecule has 1 heterocycles. The van der Waals surface area contributed by atoms with E-state index in [4.69, 9.17) is 0 Å². The van der Waals surface area contributed by atoms with Crippen LogP contribution in [0.5, 0.6) is 0 Å². The molecule has 0 amide bonds. The Bertz CT molecular complexity index is 620. The first-order valence-corrected chi connectivity index (χ1v) is 7.70. The smallest absolute Gasteiger partial charge is 0.0960 e. The van der Waals surface area contributed by atoms with Gasteiger partial charge in [0.05, 0.1) is 24.0 Å². The molecule has 0 saturated carbocycles. The molecule has 2 N–H and O–H groups in total. The molecule has 1 aromatic heterocycles. The Labute approximate surface area is 127 Å². The van der Waals surface area contributed by atoms with Crippen LogP contribution in [0.4, 0.5) is 0 Å². The number of aliphatic hydroxyl groups excluding tert-OH is 1. The average Bonchev–Trinajstić information content (AvgIpc) is 2.82. The summed E-state index contributed by atoms with van der Waals surface area (Å²) < 4.78 is 2.22. The van der Waals surface area contributed by atoms with Crippen molar-refractivity contribution in [1.82, 2.24) is 14.9 Å². The quantitative estimate of drug-likeness (QED) is 0.859. The third-order valence-electron chi connectivity index (χ3n) is 4.36. The molecule has 0 saturated heterocycles. The summed E-state index contributed by atoms with van der Waals surface area (Å²) in [6.45, 7) is 11.6. The molecule has 0 aliphatic rings. The van der Waals surface area contributed by atoms with Crippen LogP contribution in [0.2, 0.25) is 0 Å². The summed E-state index contributed by atoms with van der Waals surface area (Å²) in [5.41, 5.74) is 4.51. The molecule has 116 valence electrons. The van der Waals surface area contributed by atoms with E-state index in [1.54, 1.807) is 0 Å². The zero-order valence-corrected chi connectivity index (χ0v) is 13.8. The van der Waals surface area contributed by atoms with Crippen LogP contribution in [0.15, 0.2) is 18.5 Å². The van der Waals surface area contributed by atoms with Crippen molar-refractivity contribution in [3.63, 3.8) is 0 Å². The van der Waals surface area contributed by atoms with Crippen LogP contribution in [-0.4, -0.2) is 33.3 Å². The van der Waals surface area contributed by atoms with E-state index in [0.717, 1.165) is 18.5 Å². The molecule has 0 aliphatic heterocycles. The SMILES string of the molecule is CCNC(C)(CO)CC(C)n1cnc2cc(C)c(C)cc21. The van der Waals surface area contributed by atoms with Crippen LogP contribution < -0.4 is 5.32 Å². The number of imidazole rings is 1. The minimum atomic E-state index is -0.259. The van der Waals surface area contributed by atoms with Gasteiger partial charge in [0.25, 0.3) is 0 Å². The summed E-state index contributed by atoms with van der Waals surface area (Å²) in [5, 5.41) is 13.1. The molecule has 0 spiro atoms. The van der Waals surface area contributed by atoms with E-state index in [1.165, 1.54) is 16.6 Å². The lowest BCUT2D eigenvalue weighted by atomic mass is 9.94. The van der Waals surface area contributed by atoms with E-state index < -0.39 is 0 Å². The molecule has 4 nitrogen and oxygen atoms in total. The van der Waals surface area contributed by atoms with Crippen LogP contribution >= 0.6 is 0 Å². The molecule has 21 heavy (non-hydrogen) atoms. The van der Waals surface area contributed by atoms with Crippen molar-refractivity contribution in [3.05, 3.63) is 29.6 Å². The normalized spacial score (nSPS) is 16.1. The first kappa shape index (κ1) is 16.0. The second kappa shape index (κ2) is 6.16. The highest BCUT2D eigenvalue weighted by molar-refractivity contribution is 5.77. The maximum atomic E-state index is 9.67. The van der Waals surface area contributed by atoms with Crippen LogP contribution in [0.1, 0.15) is 44.4 Å². The Morgan fingerprint density at radius 1 is 1.33 bits per heavy atom. The predicted octanol–water partition coefficient (Wildman–Crippen LogP) is 2.96. The second-order valence-electron chi connectivity index (χ2n) is 6.38. The molecule has 2 unspecified atom stereocenters. The fraction of sp³-hybridized carbons (Fsp3) is 0.588. The van der Waals surface area contributed by atoms with Gasteiger partial charge in [-0.15, -0.1) is 0 Å². The van der Waals surface area contributed by atoms with Gasteiger partial charge in [-0.05, 0) is 63.9 Å². The Kier molecular flexibility index (Phi) is 4.69. The number of nitrogens with zero attached hydrogens (tertiary/aromatic N) is 2. The lowest BCUT2D eigenvalue weighted by molar-refractivity contribution is 0.153. The van der Waals surface area contributed by atoms with E-state index in [2.05, 4.69) is 61.6 Å². The van der Waals surface area contributed by atoms with E-state index in [0.29, 0.717) is 0 Å². The largest absolute Gasteiger partial charge is 0.394 e. The number of hydrogen-bond acceptors (Lipinski definition) is 3. The number of likely N-dealkylation sites (N-methyl/N-ethyl adjacent to an activating group) is 1. The first-order valence-electron chi connectivity index (χ1n) is 7.70.